The van der Waals surface area contributed by atoms with Gasteiger partial charge in [0, 0.05) is 11.8 Å². The lowest BCUT2D eigenvalue weighted by Gasteiger charge is -2.66. The summed E-state index contributed by atoms with van der Waals surface area (Å²) in [7, 11) is 0. The van der Waals surface area contributed by atoms with Gasteiger partial charge in [-0.2, -0.15) is 0 Å². The first kappa shape index (κ1) is 22.8. The van der Waals surface area contributed by atoms with Gasteiger partial charge >= 0.3 is 5.97 Å². The van der Waals surface area contributed by atoms with Crippen LogP contribution in [0.4, 0.5) is 0 Å². The van der Waals surface area contributed by atoms with E-state index < -0.39 is 11.2 Å². The van der Waals surface area contributed by atoms with Crippen LogP contribution in [0.15, 0.2) is 11.6 Å². The van der Waals surface area contributed by atoms with Crippen LogP contribution >= 0.6 is 0 Å². The Hall–Kier alpha value is -0.830. The van der Waals surface area contributed by atoms with E-state index in [0.29, 0.717) is 11.8 Å². The number of carbonyl (C=O) groups is 1. The minimum atomic E-state index is -0.621. The second kappa shape index (κ2) is 7.70. The SMILES string of the molecule is CCC1(O)C(C)C2CCCC3C1CC(C)CC23OC(=O)C(C=C(C)C)C(C)(C)C. The monoisotopic (exact) mass is 404 g/mol. The molecule has 0 aromatic heterocycles. The summed E-state index contributed by atoms with van der Waals surface area (Å²) >= 11 is 0. The van der Waals surface area contributed by atoms with Crippen LogP contribution in [0.3, 0.4) is 0 Å². The summed E-state index contributed by atoms with van der Waals surface area (Å²) in [6, 6.07) is 0. The molecule has 8 atom stereocenters. The predicted molar refractivity (Wildman–Crippen MR) is 118 cm³/mol. The molecule has 29 heavy (non-hydrogen) atoms. The normalized spacial score (nSPS) is 42.7. The zero-order valence-corrected chi connectivity index (χ0v) is 20.0. The molecule has 0 aromatic carbocycles. The number of rotatable bonds is 4. The third kappa shape index (κ3) is 3.70. The maximum absolute atomic E-state index is 13.6. The molecule has 8 unspecified atom stereocenters. The molecule has 166 valence electrons. The molecule has 3 aliphatic rings. The van der Waals surface area contributed by atoms with Crippen LogP contribution in [0.5, 0.6) is 0 Å². The fraction of sp³-hybridized carbons (Fsp3) is 0.885. The van der Waals surface area contributed by atoms with Gasteiger partial charge in [-0.15, -0.1) is 0 Å². The first-order chi connectivity index (χ1) is 13.4. The summed E-state index contributed by atoms with van der Waals surface area (Å²) in [5.74, 6) is 1.17. The third-order valence-electron chi connectivity index (χ3n) is 8.67. The first-order valence-electron chi connectivity index (χ1n) is 12.0. The molecule has 3 heteroatoms. The summed E-state index contributed by atoms with van der Waals surface area (Å²) in [6.45, 7) is 17.1. The lowest BCUT2D eigenvalue weighted by Crippen LogP contribution is -2.70. The van der Waals surface area contributed by atoms with Crippen molar-refractivity contribution < 1.29 is 14.6 Å². The average Bonchev–Trinajstić information content (AvgIpc) is 2.61. The van der Waals surface area contributed by atoms with Crippen LogP contribution in [0.25, 0.3) is 0 Å². The highest BCUT2D eigenvalue weighted by Gasteiger charge is 2.68. The van der Waals surface area contributed by atoms with E-state index in [2.05, 4.69) is 61.5 Å². The number of carbonyl (C=O) groups excluding carboxylic acids is 1. The van der Waals surface area contributed by atoms with Crippen molar-refractivity contribution in [1.82, 2.24) is 0 Å². The van der Waals surface area contributed by atoms with E-state index >= 15 is 0 Å². The number of allylic oxidation sites excluding steroid dienone is 1. The molecular weight excluding hydrogens is 360 g/mol. The van der Waals surface area contributed by atoms with Gasteiger partial charge < -0.3 is 9.84 Å². The topological polar surface area (TPSA) is 46.5 Å². The van der Waals surface area contributed by atoms with Gasteiger partial charge in [0.1, 0.15) is 5.60 Å². The maximum Gasteiger partial charge on any atom is 0.313 e. The van der Waals surface area contributed by atoms with Crippen molar-refractivity contribution in [3.63, 3.8) is 0 Å². The Morgan fingerprint density at radius 1 is 1.17 bits per heavy atom. The molecular formula is C26H44O3. The van der Waals surface area contributed by atoms with Crippen molar-refractivity contribution in [1.29, 1.82) is 0 Å². The van der Waals surface area contributed by atoms with Crippen molar-refractivity contribution in [3.05, 3.63) is 11.6 Å². The van der Waals surface area contributed by atoms with Gasteiger partial charge in [-0.3, -0.25) is 4.79 Å². The average molecular weight is 405 g/mol. The second-order valence-electron chi connectivity index (χ2n) is 11.9. The van der Waals surface area contributed by atoms with Crippen LogP contribution in [0.1, 0.15) is 93.9 Å². The molecule has 0 radical (unpaired) electrons. The number of hydrogen-bond donors (Lipinski definition) is 1. The minimum absolute atomic E-state index is 0.0578. The van der Waals surface area contributed by atoms with E-state index in [4.69, 9.17) is 4.74 Å². The quantitative estimate of drug-likeness (QED) is 0.451. The molecule has 0 saturated heterocycles. The van der Waals surface area contributed by atoms with Gasteiger partial charge in [0.2, 0.25) is 0 Å². The third-order valence-corrected chi connectivity index (χ3v) is 8.67. The van der Waals surface area contributed by atoms with Gasteiger partial charge in [0.15, 0.2) is 0 Å². The molecule has 0 aliphatic heterocycles. The van der Waals surface area contributed by atoms with Crippen molar-refractivity contribution in [2.45, 2.75) is 105 Å². The van der Waals surface area contributed by atoms with E-state index in [9.17, 15) is 9.90 Å². The molecule has 0 spiro atoms. The molecule has 0 amide bonds. The highest BCUT2D eigenvalue weighted by atomic mass is 16.6. The number of ether oxygens (including phenoxy) is 1. The largest absolute Gasteiger partial charge is 0.458 e. The Labute approximate surface area is 178 Å². The van der Waals surface area contributed by atoms with Gasteiger partial charge in [0.25, 0.3) is 0 Å². The van der Waals surface area contributed by atoms with Gasteiger partial charge in [-0.05, 0) is 69.1 Å². The van der Waals surface area contributed by atoms with E-state index in [0.717, 1.165) is 37.7 Å². The van der Waals surface area contributed by atoms with Crippen LogP contribution in [-0.2, 0) is 9.53 Å². The molecule has 3 saturated carbocycles. The molecule has 1 N–H and O–H groups in total. The standard InChI is InChI=1S/C26H44O3/c1-9-25(28)18(5)19-11-10-12-20-21(25)14-17(4)15-26(19,20)29-23(27)22(13-16(2)3)24(6,7)8/h13,17-22,28H,9-12,14-15H2,1-8H3. The highest BCUT2D eigenvalue weighted by molar-refractivity contribution is 5.76. The first-order valence-corrected chi connectivity index (χ1v) is 12.0. The summed E-state index contributed by atoms with van der Waals surface area (Å²) in [4.78, 5) is 13.6. The minimum Gasteiger partial charge on any atom is -0.458 e. The molecule has 0 heterocycles. The molecule has 3 fully saturated rings. The maximum atomic E-state index is 13.6. The summed E-state index contributed by atoms with van der Waals surface area (Å²) < 4.78 is 6.69. The number of hydrogen-bond acceptors (Lipinski definition) is 3. The Morgan fingerprint density at radius 3 is 2.34 bits per heavy atom. The molecule has 4 bridgehead atoms. The van der Waals surface area contributed by atoms with E-state index in [1.54, 1.807) is 0 Å². The lowest BCUT2D eigenvalue weighted by molar-refractivity contribution is -0.279. The van der Waals surface area contributed by atoms with Gasteiger partial charge in [-0.25, -0.2) is 0 Å². The number of aliphatic hydroxyl groups is 1. The van der Waals surface area contributed by atoms with Crippen molar-refractivity contribution >= 4 is 5.97 Å². The van der Waals surface area contributed by atoms with Gasteiger partial charge in [-0.1, -0.05) is 59.6 Å². The number of esters is 1. The molecule has 3 nitrogen and oxygen atoms in total. The van der Waals surface area contributed by atoms with E-state index in [1.807, 2.05) is 0 Å². The fourth-order valence-electron chi connectivity index (χ4n) is 7.34. The summed E-state index contributed by atoms with van der Waals surface area (Å²) in [6.07, 6.45) is 8.25. The van der Waals surface area contributed by atoms with Crippen LogP contribution < -0.4 is 0 Å². The lowest BCUT2D eigenvalue weighted by atomic mass is 9.43. The summed E-state index contributed by atoms with van der Waals surface area (Å²) in [5.41, 5.74) is -0.0300. The highest BCUT2D eigenvalue weighted by Crippen LogP contribution is 2.64. The van der Waals surface area contributed by atoms with Gasteiger partial charge in [0.05, 0.1) is 11.5 Å². The predicted octanol–water partition coefficient (Wildman–Crippen LogP) is 6.15. The molecule has 3 aliphatic carbocycles. The Bertz CT molecular complexity index is 647. The Balaban J connectivity index is 2.02. The Morgan fingerprint density at radius 2 is 1.79 bits per heavy atom. The fourth-order valence-corrected chi connectivity index (χ4v) is 7.34. The molecule has 0 aromatic rings. The zero-order chi connectivity index (χ0) is 21.8. The van der Waals surface area contributed by atoms with E-state index in [-0.39, 0.29) is 35.1 Å². The molecule has 3 rings (SSSR count). The summed E-state index contributed by atoms with van der Waals surface area (Å²) in [5, 5.41) is 11.7. The van der Waals surface area contributed by atoms with Crippen molar-refractivity contribution in [3.8, 4) is 0 Å². The smallest absolute Gasteiger partial charge is 0.313 e. The Kier molecular flexibility index (Phi) is 6.06. The second-order valence-corrected chi connectivity index (χ2v) is 11.9. The van der Waals surface area contributed by atoms with Crippen molar-refractivity contribution in [2.24, 2.45) is 40.9 Å². The van der Waals surface area contributed by atoms with Crippen LogP contribution in [0, 0.1) is 40.9 Å². The zero-order valence-electron chi connectivity index (χ0n) is 20.0. The van der Waals surface area contributed by atoms with Crippen molar-refractivity contribution in [2.75, 3.05) is 0 Å². The van der Waals surface area contributed by atoms with Crippen LogP contribution in [0.2, 0.25) is 0 Å². The van der Waals surface area contributed by atoms with E-state index in [1.165, 1.54) is 6.42 Å². The van der Waals surface area contributed by atoms with Crippen LogP contribution in [-0.4, -0.2) is 22.3 Å².